The van der Waals surface area contributed by atoms with E-state index < -0.39 is 0 Å². The number of aliphatic hydroxyl groups is 1. The fraction of sp³-hybridized carbons (Fsp3) is 1.00. The van der Waals surface area contributed by atoms with Crippen molar-refractivity contribution in [2.24, 2.45) is 5.41 Å². The molecule has 0 saturated heterocycles. The van der Waals surface area contributed by atoms with Crippen LogP contribution in [0.15, 0.2) is 0 Å². The summed E-state index contributed by atoms with van der Waals surface area (Å²) in [5.74, 6) is 0. The van der Waals surface area contributed by atoms with E-state index in [4.69, 9.17) is 5.11 Å². The minimum atomic E-state index is 0.0537. The standard InChI is InChI=1S/C10H23NOS/c1-5-10(3,8-12)7-11-6-9(2)13-4/h9,11-12H,5-8H2,1-4H3. The lowest BCUT2D eigenvalue weighted by atomic mass is 9.89. The number of rotatable bonds is 7. The fourth-order valence-corrected chi connectivity index (χ4v) is 1.24. The maximum Gasteiger partial charge on any atom is 0.0496 e. The third kappa shape index (κ3) is 5.55. The van der Waals surface area contributed by atoms with E-state index in [1.165, 1.54) is 0 Å². The van der Waals surface area contributed by atoms with E-state index in [1.54, 1.807) is 0 Å². The zero-order valence-corrected chi connectivity index (χ0v) is 10.1. The van der Waals surface area contributed by atoms with Crippen molar-refractivity contribution in [1.29, 1.82) is 0 Å². The third-order valence-electron chi connectivity index (χ3n) is 2.62. The Morgan fingerprint density at radius 1 is 1.54 bits per heavy atom. The predicted molar refractivity (Wildman–Crippen MR) is 61.3 cm³/mol. The summed E-state index contributed by atoms with van der Waals surface area (Å²) in [5.41, 5.74) is 0.0537. The highest BCUT2D eigenvalue weighted by Crippen LogP contribution is 2.18. The second kappa shape index (κ2) is 6.68. The molecule has 0 aromatic heterocycles. The highest BCUT2D eigenvalue weighted by atomic mass is 32.2. The molecule has 0 fully saturated rings. The highest BCUT2D eigenvalue weighted by molar-refractivity contribution is 7.99. The predicted octanol–water partition coefficient (Wildman–Crippen LogP) is 1.74. The van der Waals surface area contributed by atoms with Crippen LogP contribution >= 0.6 is 11.8 Å². The average molecular weight is 205 g/mol. The Morgan fingerprint density at radius 3 is 2.54 bits per heavy atom. The van der Waals surface area contributed by atoms with Crippen LogP contribution in [0.1, 0.15) is 27.2 Å². The number of hydrogen-bond donors (Lipinski definition) is 2. The monoisotopic (exact) mass is 205 g/mol. The van der Waals surface area contributed by atoms with Crippen molar-refractivity contribution in [3.05, 3.63) is 0 Å². The molecule has 0 bridgehead atoms. The van der Waals surface area contributed by atoms with Crippen LogP contribution in [-0.2, 0) is 0 Å². The Hall–Kier alpha value is 0.270. The molecule has 2 N–H and O–H groups in total. The van der Waals surface area contributed by atoms with Crippen molar-refractivity contribution >= 4 is 11.8 Å². The van der Waals surface area contributed by atoms with Gasteiger partial charge in [0.25, 0.3) is 0 Å². The summed E-state index contributed by atoms with van der Waals surface area (Å²) in [6.45, 7) is 8.64. The van der Waals surface area contributed by atoms with Gasteiger partial charge in [0.05, 0.1) is 0 Å². The average Bonchev–Trinajstić information content (AvgIpc) is 2.17. The quantitative estimate of drug-likeness (QED) is 0.664. The summed E-state index contributed by atoms with van der Waals surface area (Å²) in [6.07, 6.45) is 3.14. The van der Waals surface area contributed by atoms with Crippen molar-refractivity contribution < 1.29 is 5.11 Å². The van der Waals surface area contributed by atoms with Crippen molar-refractivity contribution in [1.82, 2.24) is 5.32 Å². The van der Waals surface area contributed by atoms with Gasteiger partial charge in [-0.1, -0.05) is 20.8 Å². The second-order valence-electron chi connectivity index (χ2n) is 4.00. The van der Waals surface area contributed by atoms with Crippen LogP contribution in [-0.4, -0.2) is 36.3 Å². The minimum Gasteiger partial charge on any atom is -0.396 e. The summed E-state index contributed by atoms with van der Waals surface area (Å²) >= 11 is 1.87. The number of hydrogen-bond acceptors (Lipinski definition) is 3. The maximum absolute atomic E-state index is 9.16. The van der Waals surface area contributed by atoms with Gasteiger partial charge in [0.15, 0.2) is 0 Å². The van der Waals surface area contributed by atoms with Crippen molar-refractivity contribution in [2.45, 2.75) is 32.4 Å². The molecule has 0 aromatic carbocycles. The van der Waals surface area contributed by atoms with Gasteiger partial charge >= 0.3 is 0 Å². The van der Waals surface area contributed by atoms with E-state index in [-0.39, 0.29) is 12.0 Å². The summed E-state index contributed by atoms with van der Waals surface area (Å²) in [7, 11) is 0. The van der Waals surface area contributed by atoms with Gasteiger partial charge in [0.1, 0.15) is 0 Å². The zero-order valence-electron chi connectivity index (χ0n) is 9.26. The molecule has 2 atom stereocenters. The lowest BCUT2D eigenvalue weighted by molar-refractivity contribution is 0.136. The molecule has 2 unspecified atom stereocenters. The van der Waals surface area contributed by atoms with Gasteiger partial charge in [-0.3, -0.25) is 0 Å². The number of thioether (sulfide) groups is 1. The van der Waals surface area contributed by atoms with Gasteiger partial charge in [-0.2, -0.15) is 11.8 Å². The molecule has 0 radical (unpaired) electrons. The van der Waals surface area contributed by atoms with Gasteiger partial charge in [-0.15, -0.1) is 0 Å². The lowest BCUT2D eigenvalue weighted by Crippen LogP contribution is -2.36. The molecule has 0 aliphatic carbocycles. The first-order valence-electron chi connectivity index (χ1n) is 4.92. The Kier molecular flexibility index (Phi) is 6.82. The molecule has 0 rings (SSSR count). The molecular weight excluding hydrogens is 182 g/mol. The van der Waals surface area contributed by atoms with Crippen LogP contribution in [0.25, 0.3) is 0 Å². The van der Waals surface area contributed by atoms with Gasteiger partial charge < -0.3 is 10.4 Å². The van der Waals surface area contributed by atoms with Gasteiger partial charge in [0.2, 0.25) is 0 Å². The molecule has 80 valence electrons. The smallest absolute Gasteiger partial charge is 0.0496 e. The zero-order chi connectivity index (χ0) is 10.3. The second-order valence-corrected chi connectivity index (χ2v) is 5.28. The summed E-state index contributed by atoms with van der Waals surface area (Å²) in [4.78, 5) is 0. The fourth-order valence-electron chi connectivity index (χ4n) is 0.953. The Balaban J connectivity index is 3.61. The van der Waals surface area contributed by atoms with Crippen LogP contribution in [0.4, 0.5) is 0 Å². The van der Waals surface area contributed by atoms with E-state index in [1.807, 2.05) is 11.8 Å². The van der Waals surface area contributed by atoms with Crippen molar-refractivity contribution in [2.75, 3.05) is 26.0 Å². The Labute approximate surface area is 86.5 Å². The van der Waals surface area contributed by atoms with Crippen LogP contribution in [0.3, 0.4) is 0 Å². The van der Waals surface area contributed by atoms with Crippen LogP contribution in [0, 0.1) is 5.41 Å². The Bertz CT molecular complexity index is 126. The molecule has 0 aromatic rings. The van der Waals surface area contributed by atoms with E-state index in [2.05, 4.69) is 32.3 Å². The molecule has 0 amide bonds. The van der Waals surface area contributed by atoms with Gasteiger partial charge in [0, 0.05) is 30.4 Å². The Morgan fingerprint density at radius 2 is 2.15 bits per heavy atom. The first-order chi connectivity index (χ1) is 6.08. The molecule has 0 saturated carbocycles. The molecule has 2 nitrogen and oxygen atoms in total. The molecule has 13 heavy (non-hydrogen) atoms. The molecular formula is C10H23NOS. The summed E-state index contributed by atoms with van der Waals surface area (Å²) in [5, 5.41) is 13.2. The van der Waals surface area contributed by atoms with Crippen LogP contribution in [0.5, 0.6) is 0 Å². The molecule has 3 heteroatoms. The minimum absolute atomic E-state index is 0.0537. The number of nitrogens with one attached hydrogen (secondary N) is 1. The van der Waals surface area contributed by atoms with E-state index >= 15 is 0 Å². The molecule has 0 heterocycles. The molecule has 0 spiro atoms. The van der Waals surface area contributed by atoms with Crippen LogP contribution in [0.2, 0.25) is 0 Å². The van der Waals surface area contributed by atoms with Crippen molar-refractivity contribution in [3.8, 4) is 0 Å². The molecule has 0 aliphatic heterocycles. The van der Waals surface area contributed by atoms with E-state index in [0.29, 0.717) is 5.25 Å². The van der Waals surface area contributed by atoms with E-state index in [9.17, 15) is 0 Å². The topological polar surface area (TPSA) is 32.3 Å². The first kappa shape index (κ1) is 13.3. The third-order valence-corrected chi connectivity index (χ3v) is 3.59. The maximum atomic E-state index is 9.16. The highest BCUT2D eigenvalue weighted by Gasteiger charge is 2.20. The van der Waals surface area contributed by atoms with Gasteiger partial charge in [-0.25, -0.2) is 0 Å². The molecule has 0 aliphatic rings. The summed E-state index contributed by atoms with van der Waals surface area (Å²) < 4.78 is 0. The number of aliphatic hydroxyl groups excluding tert-OH is 1. The van der Waals surface area contributed by atoms with Crippen molar-refractivity contribution in [3.63, 3.8) is 0 Å². The van der Waals surface area contributed by atoms with E-state index in [0.717, 1.165) is 19.5 Å². The normalized spacial score (nSPS) is 18.2. The van der Waals surface area contributed by atoms with Crippen LogP contribution < -0.4 is 5.32 Å². The first-order valence-corrected chi connectivity index (χ1v) is 6.21. The lowest BCUT2D eigenvalue weighted by Gasteiger charge is -2.26. The SMILES string of the molecule is CCC(C)(CO)CNCC(C)SC. The van der Waals surface area contributed by atoms with Gasteiger partial charge in [-0.05, 0) is 12.7 Å². The summed E-state index contributed by atoms with van der Waals surface area (Å²) in [6, 6.07) is 0. The largest absolute Gasteiger partial charge is 0.396 e.